The Morgan fingerprint density at radius 2 is 1.66 bits per heavy atom. The number of hydrogen-bond acceptors (Lipinski definition) is 6. The molecule has 12 heteroatoms. The molecule has 3 rings (SSSR count). The zero-order valence-electron chi connectivity index (χ0n) is 17.3. The van der Waals surface area contributed by atoms with Crippen LogP contribution in [0.1, 0.15) is 29.2 Å². The fourth-order valence-corrected chi connectivity index (χ4v) is 5.48. The normalized spacial score (nSPS) is 17.6. The number of carbonyl (C=O) groups is 1. The first-order valence-corrected chi connectivity index (χ1v) is 10.6. The Morgan fingerprint density at radius 3 is 2.12 bits per heavy atom. The molecule has 0 unspecified atom stereocenters. The van der Waals surface area contributed by atoms with E-state index >= 15 is 0 Å². The lowest BCUT2D eigenvalue weighted by Gasteiger charge is -2.23. The summed E-state index contributed by atoms with van der Waals surface area (Å²) in [6, 6.07) is 3.86. The van der Waals surface area contributed by atoms with Gasteiger partial charge in [0.1, 0.15) is 0 Å². The van der Waals surface area contributed by atoms with E-state index in [1.165, 1.54) is 33.5 Å². The number of fused-ring (bicyclic) bond motifs is 1. The van der Waals surface area contributed by atoms with Crippen LogP contribution in [0.4, 0.5) is 13.2 Å². The SMILES string of the molecule is COc1cc(CN2[C@@H](CC(=O)O)c3cc(C(F)(F)F)ccc3S2(=O)=O)cc(OC)c1OC. The molecule has 2 aromatic carbocycles. The first-order valence-electron chi connectivity index (χ1n) is 9.17. The van der Waals surface area contributed by atoms with Crippen molar-refractivity contribution in [3.63, 3.8) is 0 Å². The van der Waals surface area contributed by atoms with Gasteiger partial charge in [-0.05, 0) is 41.5 Å². The third-order valence-electron chi connectivity index (χ3n) is 5.06. The van der Waals surface area contributed by atoms with Gasteiger partial charge < -0.3 is 19.3 Å². The number of benzene rings is 2. The van der Waals surface area contributed by atoms with E-state index in [0.717, 1.165) is 10.4 Å². The molecule has 1 aliphatic heterocycles. The lowest BCUT2D eigenvalue weighted by Crippen LogP contribution is -2.29. The Bertz CT molecular complexity index is 1120. The zero-order valence-corrected chi connectivity index (χ0v) is 18.1. The summed E-state index contributed by atoms with van der Waals surface area (Å²) < 4.78 is 82.5. The number of hydrogen-bond donors (Lipinski definition) is 1. The molecule has 1 heterocycles. The summed E-state index contributed by atoms with van der Waals surface area (Å²) >= 11 is 0. The van der Waals surface area contributed by atoms with E-state index < -0.39 is 40.2 Å². The van der Waals surface area contributed by atoms with Crippen molar-refractivity contribution in [3.8, 4) is 17.2 Å². The largest absolute Gasteiger partial charge is 0.493 e. The van der Waals surface area contributed by atoms with Crippen LogP contribution in [0.2, 0.25) is 0 Å². The maximum atomic E-state index is 13.2. The molecule has 0 aliphatic carbocycles. The summed E-state index contributed by atoms with van der Waals surface area (Å²) in [5, 5.41) is 9.32. The van der Waals surface area contributed by atoms with Gasteiger partial charge in [-0.1, -0.05) is 0 Å². The van der Waals surface area contributed by atoms with Crippen LogP contribution >= 0.6 is 0 Å². The van der Waals surface area contributed by atoms with E-state index in [4.69, 9.17) is 14.2 Å². The average Bonchev–Trinajstić information content (AvgIpc) is 2.92. The molecular weight excluding hydrogens is 455 g/mol. The number of carboxylic acids is 1. The van der Waals surface area contributed by atoms with Crippen LogP contribution in [-0.4, -0.2) is 45.1 Å². The maximum Gasteiger partial charge on any atom is 0.416 e. The zero-order chi connectivity index (χ0) is 23.8. The van der Waals surface area contributed by atoms with Crippen LogP contribution < -0.4 is 14.2 Å². The van der Waals surface area contributed by atoms with Gasteiger partial charge in [0.25, 0.3) is 0 Å². The molecule has 0 amide bonds. The summed E-state index contributed by atoms with van der Waals surface area (Å²) in [7, 11) is -0.134. The first-order chi connectivity index (χ1) is 14.9. The highest BCUT2D eigenvalue weighted by Gasteiger charge is 2.45. The van der Waals surface area contributed by atoms with Crippen molar-refractivity contribution in [2.24, 2.45) is 0 Å². The molecule has 0 spiro atoms. The van der Waals surface area contributed by atoms with Gasteiger partial charge in [0.2, 0.25) is 15.8 Å². The predicted molar refractivity (Wildman–Crippen MR) is 105 cm³/mol. The van der Waals surface area contributed by atoms with Crippen LogP contribution in [-0.2, 0) is 27.5 Å². The fraction of sp³-hybridized carbons (Fsp3) is 0.350. The number of aliphatic carboxylic acids is 1. The molecule has 0 saturated heterocycles. The number of nitrogens with zero attached hydrogens (tertiary/aromatic N) is 1. The summed E-state index contributed by atoms with van der Waals surface area (Å²) in [5.41, 5.74) is -0.909. The second-order valence-corrected chi connectivity index (χ2v) is 8.81. The number of carboxylic acid groups (broad SMARTS) is 1. The second-order valence-electron chi connectivity index (χ2n) is 6.95. The van der Waals surface area contributed by atoms with E-state index in [0.29, 0.717) is 17.7 Å². The quantitative estimate of drug-likeness (QED) is 0.654. The van der Waals surface area contributed by atoms with Gasteiger partial charge in [-0.15, -0.1) is 0 Å². The van der Waals surface area contributed by atoms with E-state index in [2.05, 4.69) is 0 Å². The second kappa shape index (κ2) is 8.51. The minimum Gasteiger partial charge on any atom is -0.493 e. The van der Waals surface area contributed by atoms with E-state index in [-0.39, 0.29) is 34.3 Å². The molecule has 0 fully saturated rings. The van der Waals surface area contributed by atoms with Crippen LogP contribution in [0, 0.1) is 0 Å². The van der Waals surface area contributed by atoms with E-state index in [1.807, 2.05) is 0 Å². The molecule has 8 nitrogen and oxygen atoms in total. The Hall–Kier alpha value is -2.99. The van der Waals surface area contributed by atoms with Crippen LogP contribution in [0.25, 0.3) is 0 Å². The molecule has 0 saturated carbocycles. The number of sulfonamides is 1. The van der Waals surface area contributed by atoms with Gasteiger partial charge >= 0.3 is 12.1 Å². The minimum absolute atomic E-state index is 0.213. The molecule has 1 aliphatic rings. The molecule has 0 bridgehead atoms. The monoisotopic (exact) mass is 475 g/mol. The highest BCUT2D eigenvalue weighted by molar-refractivity contribution is 7.89. The van der Waals surface area contributed by atoms with Crippen molar-refractivity contribution in [2.75, 3.05) is 21.3 Å². The molecular formula is C20H20F3NO7S. The molecule has 32 heavy (non-hydrogen) atoms. The molecule has 2 aromatic rings. The van der Waals surface area contributed by atoms with Gasteiger partial charge in [0.15, 0.2) is 11.5 Å². The third-order valence-corrected chi connectivity index (χ3v) is 6.99. The van der Waals surface area contributed by atoms with Gasteiger partial charge in [-0.3, -0.25) is 4.79 Å². The van der Waals surface area contributed by atoms with Crippen molar-refractivity contribution in [1.29, 1.82) is 0 Å². The van der Waals surface area contributed by atoms with E-state index in [1.54, 1.807) is 0 Å². The van der Waals surface area contributed by atoms with Gasteiger partial charge in [0, 0.05) is 6.54 Å². The van der Waals surface area contributed by atoms with E-state index in [9.17, 15) is 31.5 Å². The molecule has 0 radical (unpaired) electrons. The van der Waals surface area contributed by atoms with Crippen molar-refractivity contribution >= 4 is 16.0 Å². The maximum absolute atomic E-state index is 13.2. The van der Waals surface area contributed by atoms with Gasteiger partial charge in [0.05, 0.1) is 44.3 Å². The summed E-state index contributed by atoms with van der Waals surface area (Å²) in [4.78, 5) is 11.1. The summed E-state index contributed by atoms with van der Waals surface area (Å²) in [6.45, 7) is -0.326. The number of ether oxygens (including phenoxy) is 3. The minimum atomic E-state index is -4.71. The molecule has 1 atom stereocenters. The Morgan fingerprint density at radius 1 is 1.06 bits per heavy atom. The smallest absolute Gasteiger partial charge is 0.416 e. The van der Waals surface area contributed by atoms with Gasteiger partial charge in [-0.2, -0.15) is 17.5 Å². The third kappa shape index (κ3) is 4.19. The van der Waals surface area contributed by atoms with Crippen molar-refractivity contribution in [3.05, 3.63) is 47.0 Å². The lowest BCUT2D eigenvalue weighted by molar-refractivity contribution is -0.138. The molecule has 174 valence electrons. The lowest BCUT2D eigenvalue weighted by atomic mass is 10.0. The van der Waals surface area contributed by atoms with Gasteiger partial charge in [-0.25, -0.2) is 8.42 Å². The summed E-state index contributed by atoms with van der Waals surface area (Å²) in [5.74, 6) is -0.608. The Labute approximate surface area is 182 Å². The number of methoxy groups -OCH3 is 3. The summed E-state index contributed by atoms with van der Waals surface area (Å²) in [6.07, 6.45) is -5.42. The van der Waals surface area contributed by atoms with Crippen molar-refractivity contribution in [2.45, 2.75) is 30.1 Å². The van der Waals surface area contributed by atoms with Crippen LogP contribution in [0.5, 0.6) is 17.2 Å². The topological polar surface area (TPSA) is 102 Å². The molecule has 0 aromatic heterocycles. The van der Waals surface area contributed by atoms with Crippen molar-refractivity contribution in [1.82, 2.24) is 4.31 Å². The van der Waals surface area contributed by atoms with Crippen molar-refractivity contribution < 1.29 is 45.7 Å². The Balaban J connectivity index is 2.12. The predicted octanol–water partition coefficient (Wildman–Crippen LogP) is 3.45. The average molecular weight is 475 g/mol. The highest BCUT2D eigenvalue weighted by atomic mass is 32.2. The van der Waals surface area contributed by atoms with Crippen LogP contribution in [0.3, 0.4) is 0 Å². The highest BCUT2D eigenvalue weighted by Crippen LogP contribution is 2.46. The Kier molecular flexibility index (Phi) is 6.29. The fourth-order valence-electron chi connectivity index (χ4n) is 3.65. The van der Waals surface area contributed by atoms with Crippen LogP contribution in [0.15, 0.2) is 35.2 Å². The first kappa shape index (κ1) is 23.7. The number of halogens is 3. The number of rotatable bonds is 7. The molecule has 1 N–H and O–H groups in total. The standard InChI is InChI=1S/C20H20F3NO7S/c1-29-15-6-11(7-16(30-2)19(15)31-3)10-24-14(9-18(25)26)13-8-12(20(21,22)23)4-5-17(13)32(24,27)28/h4-8,14H,9-10H2,1-3H3,(H,25,26)/t14-/m0/s1. The number of alkyl halides is 3.